The van der Waals surface area contributed by atoms with E-state index in [9.17, 15) is 22.8 Å². The van der Waals surface area contributed by atoms with Crippen molar-refractivity contribution in [2.45, 2.75) is 18.9 Å². The highest BCUT2D eigenvalue weighted by Gasteiger charge is 2.31. The average molecular weight is 436 g/mol. The number of carbonyl (C=O) groups excluding carboxylic acids is 2. The van der Waals surface area contributed by atoms with Gasteiger partial charge in [0, 0.05) is 18.7 Å². The lowest BCUT2D eigenvalue weighted by molar-refractivity contribution is -0.140. The lowest BCUT2D eigenvalue weighted by atomic mass is 10.1. The van der Waals surface area contributed by atoms with Crippen LogP contribution in [-0.2, 0) is 27.1 Å². The second kappa shape index (κ2) is 10.4. The van der Waals surface area contributed by atoms with Gasteiger partial charge in [-0.25, -0.2) is 0 Å². The molecule has 1 fully saturated rings. The van der Waals surface area contributed by atoms with Gasteiger partial charge in [0.1, 0.15) is 0 Å². The Kier molecular flexibility index (Phi) is 7.64. The van der Waals surface area contributed by atoms with Crippen LogP contribution in [0.2, 0.25) is 0 Å². The molecular formula is C22H23F3N2O4. The first-order chi connectivity index (χ1) is 14.8. The van der Waals surface area contributed by atoms with Crippen molar-refractivity contribution < 1.29 is 32.2 Å². The van der Waals surface area contributed by atoms with Gasteiger partial charge in [-0.1, -0.05) is 36.4 Å². The Bertz CT molecular complexity index is 890. The van der Waals surface area contributed by atoms with Gasteiger partial charge in [-0.05, 0) is 23.8 Å². The Morgan fingerprint density at radius 1 is 1.13 bits per heavy atom. The predicted octanol–water partition coefficient (Wildman–Crippen LogP) is 2.88. The van der Waals surface area contributed by atoms with Crippen molar-refractivity contribution in [2.24, 2.45) is 0 Å². The summed E-state index contributed by atoms with van der Waals surface area (Å²) in [6.07, 6.45) is -4.84. The fourth-order valence-electron chi connectivity index (χ4n) is 3.14. The van der Waals surface area contributed by atoms with Crippen LogP contribution in [0.25, 0.3) is 0 Å². The van der Waals surface area contributed by atoms with Gasteiger partial charge in [0.2, 0.25) is 5.91 Å². The number of nitrogens with one attached hydrogen (secondary N) is 1. The molecule has 1 aliphatic rings. The van der Waals surface area contributed by atoms with Crippen LogP contribution < -0.4 is 5.32 Å². The maximum absolute atomic E-state index is 12.8. The van der Waals surface area contributed by atoms with Crippen molar-refractivity contribution in [3.8, 4) is 0 Å². The number of nitrogens with zero attached hydrogens (tertiary/aromatic N) is 1. The fraction of sp³-hybridized carbons (Fsp3) is 0.364. The number of hydrogen-bond donors (Lipinski definition) is 1. The molecule has 2 aromatic carbocycles. The number of benzene rings is 2. The molecule has 1 N–H and O–H groups in total. The Labute approximate surface area is 177 Å². The Morgan fingerprint density at radius 2 is 1.90 bits per heavy atom. The molecular weight excluding hydrogens is 413 g/mol. The molecule has 0 spiro atoms. The minimum absolute atomic E-state index is 0.156. The summed E-state index contributed by atoms with van der Waals surface area (Å²) >= 11 is 0. The third-order valence-electron chi connectivity index (χ3n) is 4.76. The molecule has 6 nitrogen and oxygen atoms in total. The van der Waals surface area contributed by atoms with Gasteiger partial charge >= 0.3 is 6.18 Å². The van der Waals surface area contributed by atoms with Gasteiger partial charge in [-0.3, -0.25) is 9.59 Å². The first kappa shape index (κ1) is 22.8. The minimum Gasteiger partial charge on any atom is -0.374 e. The zero-order valence-electron chi connectivity index (χ0n) is 16.7. The Balaban J connectivity index is 1.45. The minimum atomic E-state index is -4.54. The van der Waals surface area contributed by atoms with Gasteiger partial charge in [0.15, 0.2) is 0 Å². The molecule has 1 heterocycles. The highest BCUT2D eigenvalue weighted by Crippen LogP contribution is 2.29. The molecule has 3 rings (SSSR count). The predicted molar refractivity (Wildman–Crippen MR) is 106 cm³/mol. The number of amides is 2. The zero-order chi connectivity index (χ0) is 22.3. The molecule has 0 aliphatic carbocycles. The lowest BCUT2D eigenvalue weighted by Gasteiger charge is -2.33. The molecule has 1 saturated heterocycles. The topological polar surface area (TPSA) is 67.9 Å². The molecule has 1 aliphatic heterocycles. The van der Waals surface area contributed by atoms with Crippen molar-refractivity contribution in [1.82, 2.24) is 10.2 Å². The number of halogens is 3. The van der Waals surface area contributed by atoms with E-state index in [2.05, 4.69) is 5.32 Å². The normalized spacial score (nSPS) is 16.7. The van der Waals surface area contributed by atoms with Crippen LogP contribution in [-0.4, -0.2) is 55.7 Å². The smallest absolute Gasteiger partial charge is 0.374 e. The van der Waals surface area contributed by atoms with Crippen molar-refractivity contribution in [1.29, 1.82) is 0 Å². The molecule has 9 heteroatoms. The first-order valence-corrected chi connectivity index (χ1v) is 9.79. The van der Waals surface area contributed by atoms with Crippen molar-refractivity contribution in [3.63, 3.8) is 0 Å². The lowest BCUT2D eigenvalue weighted by Crippen LogP contribution is -2.50. The summed E-state index contributed by atoms with van der Waals surface area (Å²) in [5, 5.41) is 2.38. The van der Waals surface area contributed by atoms with E-state index in [1.165, 1.54) is 6.07 Å². The monoisotopic (exact) mass is 436 g/mol. The van der Waals surface area contributed by atoms with Gasteiger partial charge in [0.05, 0.1) is 38.0 Å². The van der Waals surface area contributed by atoms with Crippen LogP contribution >= 0.6 is 0 Å². The van der Waals surface area contributed by atoms with E-state index >= 15 is 0 Å². The average Bonchev–Trinajstić information content (AvgIpc) is 2.77. The quantitative estimate of drug-likeness (QED) is 0.725. The third-order valence-corrected chi connectivity index (χ3v) is 4.76. The highest BCUT2D eigenvalue weighted by molar-refractivity contribution is 5.96. The summed E-state index contributed by atoms with van der Waals surface area (Å²) in [5.74, 6) is -1.08. The van der Waals surface area contributed by atoms with Crippen LogP contribution in [0.4, 0.5) is 13.2 Å². The molecule has 166 valence electrons. The fourth-order valence-corrected chi connectivity index (χ4v) is 3.14. The highest BCUT2D eigenvalue weighted by atomic mass is 19.4. The summed E-state index contributed by atoms with van der Waals surface area (Å²) in [7, 11) is 0. The Morgan fingerprint density at radius 3 is 2.65 bits per heavy atom. The Hall–Kier alpha value is -2.91. The van der Waals surface area contributed by atoms with E-state index < -0.39 is 17.6 Å². The molecule has 31 heavy (non-hydrogen) atoms. The number of morpholine rings is 1. The number of carbonyl (C=O) groups is 2. The second-order valence-electron chi connectivity index (χ2n) is 7.09. The number of ether oxygens (including phenoxy) is 2. The summed E-state index contributed by atoms with van der Waals surface area (Å²) in [5.41, 5.74) is -0.0432. The number of alkyl halides is 3. The van der Waals surface area contributed by atoms with Crippen LogP contribution in [0, 0.1) is 0 Å². The van der Waals surface area contributed by atoms with Crippen molar-refractivity contribution >= 4 is 11.8 Å². The molecule has 0 radical (unpaired) electrons. The summed E-state index contributed by atoms with van der Waals surface area (Å²) in [6, 6.07) is 13.7. The van der Waals surface area contributed by atoms with Gasteiger partial charge in [-0.15, -0.1) is 0 Å². The molecule has 0 bridgehead atoms. The van der Waals surface area contributed by atoms with E-state index in [4.69, 9.17) is 9.47 Å². The van der Waals surface area contributed by atoms with Crippen LogP contribution in [0.1, 0.15) is 21.5 Å². The molecule has 0 saturated carbocycles. The van der Waals surface area contributed by atoms with E-state index in [1.807, 2.05) is 30.3 Å². The van der Waals surface area contributed by atoms with E-state index in [0.717, 1.165) is 23.8 Å². The standard InChI is InChI=1S/C22H23F3N2O4/c23-22(24,25)18-8-4-7-17(11-18)21(29)26-12-20(28)27-9-10-31-19(13-27)15-30-14-16-5-2-1-3-6-16/h1-8,11,19H,9-10,12-15H2,(H,26,29). The zero-order valence-corrected chi connectivity index (χ0v) is 16.7. The number of rotatable bonds is 7. The summed E-state index contributed by atoms with van der Waals surface area (Å²) in [4.78, 5) is 26.1. The van der Waals surface area contributed by atoms with Crippen LogP contribution in [0.3, 0.4) is 0 Å². The molecule has 1 atom stereocenters. The van der Waals surface area contributed by atoms with Crippen molar-refractivity contribution in [2.75, 3.05) is 32.8 Å². The van der Waals surface area contributed by atoms with Crippen LogP contribution in [0.15, 0.2) is 54.6 Å². The van der Waals surface area contributed by atoms with E-state index in [-0.39, 0.29) is 24.1 Å². The van der Waals surface area contributed by atoms with E-state index in [1.54, 1.807) is 4.90 Å². The largest absolute Gasteiger partial charge is 0.416 e. The molecule has 0 aromatic heterocycles. The van der Waals surface area contributed by atoms with Crippen LogP contribution in [0.5, 0.6) is 0 Å². The first-order valence-electron chi connectivity index (χ1n) is 9.79. The second-order valence-corrected chi connectivity index (χ2v) is 7.09. The molecule has 1 unspecified atom stereocenters. The van der Waals surface area contributed by atoms with Gasteiger partial charge in [-0.2, -0.15) is 13.2 Å². The number of hydrogen-bond acceptors (Lipinski definition) is 4. The third kappa shape index (κ3) is 6.80. The SMILES string of the molecule is O=C(NCC(=O)N1CCOC(COCc2ccccc2)C1)c1cccc(C(F)(F)F)c1. The molecule has 2 amide bonds. The maximum atomic E-state index is 12.8. The maximum Gasteiger partial charge on any atom is 0.416 e. The van der Waals surface area contributed by atoms with Crippen molar-refractivity contribution in [3.05, 3.63) is 71.3 Å². The molecule has 2 aromatic rings. The summed E-state index contributed by atoms with van der Waals surface area (Å²) < 4.78 is 49.7. The van der Waals surface area contributed by atoms with Gasteiger partial charge in [0.25, 0.3) is 5.91 Å². The van der Waals surface area contributed by atoms with Gasteiger partial charge < -0.3 is 19.7 Å². The summed E-state index contributed by atoms with van der Waals surface area (Å²) in [6.45, 7) is 1.46. The van der Waals surface area contributed by atoms with E-state index in [0.29, 0.717) is 32.9 Å².